The van der Waals surface area contributed by atoms with Crippen molar-refractivity contribution in [3.63, 3.8) is 0 Å². The maximum atomic E-state index is 11.8. The van der Waals surface area contributed by atoms with Gasteiger partial charge in [-0.15, -0.1) is 0 Å². The molecule has 0 radical (unpaired) electrons. The molecule has 0 aromatic heterocycles. The standard InChI is InChI=1S/C5H6F3N3/c6-5(7,8)4-1-3(4)2-10-11-9/h3-4H,1-2H2. The van der Waals surface area contributed by atoms with Gasteiger partial charge in [-0.3, -0.25) is 0 Å². The molecule has 1 fully saturated rings. The number of rotatable bonds is 2. The van der Waals surface area contributed by atoms with Crippen molar-refractivity contribution >= 4 is 0 Å². The Balaban J connectivity index is 2.32. The third-order valence-corrected chi connectivity index (χ3v) is 1.72. The van der Waals surface area contributed by atoms with Crippen LogP contribution in [-0.2, 0) is 0 Å². The Labute approximate surface area is 60.8 Å². The average molecular weight is 165 g/mol. The molecule has 0 saturated heterocycles. The highest BCUT2D eigenvalue weighted by Crippen LogP contribution is 2.49. The fourth-order valence-corrected chi connectivity index (χ4v) is 0.992. The zero-order valence-corrected chi connectivity index (χ0v) is 5.54. The second kappa shape index (κ2) is 2.62. The highest BCUT2D eigenvalue weighted by molar-refractivity contribution is 4.92. The van der Waals surface area contributed by atoms with Gasteiger partial charge in [0.15, 0.2) is 0 Å². The Kier molecular flexibility index (Phi) is 1.95. The van der Waals surface area contributed by atoms with Crippen LogP contribution in [0.4, 0.5) is 13.2 Å². The summed E-state index contributed by atoms with van der Waals surface area (Å²) in [5, 5.41) is 3.08. The topological polar surface area (TPSA) is 48.8 Å². The van der Waals surface area contributed by atoms with E-state index in [0.29, 0.717) is 0 Å². The third kappa shape index (κ3) is 2.01. The molecule has 1 aliphatic carbocycles. The van der Waals surface area contributed by atoms with Crippen LogP contribution < -0.4 is 0 Å². The van der Waals surface area contributed by atoms with E-state index in [9.17, 15) is 13.2 Å². The highest BCUT2D eigenvalue weighted by atomic mass is 19.4. The first-order valence-corrected chi connectivity index (χ1v) is 3.13. The summed E-state index contributed by atoms with van der Waals surface area (Å²) in [7, 11) is 0. The molecule has 11 heavy (non-hydrogen) atoms. The molecule has 62 valence electrons. The summed E-state index contributed by atoms with van der Waals surface area (Å²) in [5.74, 6) is -1.70. The van der Waals surface area contributed by atoms with Crippen LogP contribution in [0.1, 0.15) is 6.42 Å². The van der Waals surface area contributed by atoms with Crippen LogP contribution >= 0.6 is 0 Å². The Morgan fingerprint density at radius 1 is 1.55 bits per heavy atom. The molecular formula is C5H6F3N3. The molecule has 0 amide bonds. The monoisotopic (exact) mass is 165 g/mol. The number of halogens is 3. The molecule has 1 aliphatic rings. The van der Waals surface area contributed by atoms with E-state index in [1.54, 1.807) is 0 Å². The SMILES string of the molecule is [N-]=[N+]=NCC1CC1C(F)(F)F. The minimum absolute atomic E-state index is 0.0271. The van der Waals surface area contributed by atoms with Crippen molar-refractivity contribution in [3.8, 4) is 0 Å². The van der Waals surface area contributed by atoms with Gasteiger partial charge in [-0.2, -0.15) is 13.2 Å². The van der Waals surface area contributed by atoms with Gasteiger partial charge in [0, 0.05) is 11.5 Å². The summed E-state index contributed by atoms with van der Waals surface area (Å²) in [6, 6.07) is 0. The molecule has 1 saturated carbocycles. The number of alkyl halides is 3. The van der Waals surface area contributed by atoms with Gasteiger partial charge in [-0.1, -0.05) is 5.11 Å². The Morgan fingerprint density at radius 3 is 2.55 bits per heavy atom. The average Bonchev–Trinajstić information content (AvgIpc) is 2.60. The second-order valence-electron chi connectivity index (χ2n) is 2.56. The van der Waals surface area contributed by atoms with E-state index in [1.165, 1.54) is 0 Å². The minimum atomic E-state index is -4.10. The van der Waals surface area contributed by atoms with E-state index in [-0.39, 0.29) is 13.0 Å². The van der Waals surface area contributed by atoms with Crippen molar-refractivity contribution in [2.45, 2.75) is 12.6 Å². The van der Waals surface area contributed by atoms with Gasteiger partial charge >= 0.3 is 6.18 Å². The van der Waals surface area contributed by atoms with Crippen LogP contribution in [0.2, 0.25) is 0 Å². The molecule has 0 aromatic carbocycles. The molecule has 2 atom stereocenters. The predicted octanol–water partition coefficient (Wildman–Crippen LogP) is 2.50. The smallest absolute Gasteiger partial charge is 0.171 e. The van der Waals surface area contributed by atoms with E-state index in [1.807, 2.05) is 0 Å². The summed E-state index contributed by atoms with van der Waals surface area (Å²) in [5.41, 5.74) is 7.81. The van der Waals surface area contributed by atoms with Gasteiger partial charge in [0.2, 0.25) is 0 Å². The van der Waals surface area contributed by atoms with Gasteiger partial charge in [-0.05, 0) is 17.9 Å². The summed E-state index contributed by atoms with van der Waals surface area (Å²) < 4.78 is 35.4. The first-order chi connectivity index (χ1) is 5.05. The summed E-state index contributed by atoms with van der Waals surface area (Å²) in [6.07, 6.45) is -3.99. The van der Waals surface area contributed by atoms with Crippen LogP contribution in [0.3, 0.4) is 0 Å². The maximum absolute atomic E-state index is 11.8. The van der Waals surface area contributed by atoms with E-state index in [0.717, 1.165) is 0 Å². The lowest BCUT2D eigenvalue weighted by Crippen LogP contribution is -2.12. The first kappa shape index (κ1) is 8.20. The molecule has 0 spiro atoms. The van der Waals surface area contributed by atoms with Gasteiger partial charge < -0.3 is 0 Å². The Hall–Kier alpha value is -0.900. The fraction of sp³-hybridized carbons (Fsp3) is 1.00. The van der Waals surface area contributed by atoms with Gasteiger partial charge in [0.25, 0.3) is 0 Å². The van der Waals surface area contributed by atoms with Crippen LogP contribution in [0.5, 0.6) is 0 Å². The number of hydrogen-bond donors (Lipinski definition) is 0. The Bertz CT molecular complexity index is 194. The Morgan fingerprint density at radius 2 is 2.18 bits per heavy atom. The van der Waals surface area contributed by atoms with Crippen molar-refractivity contribution in [1.29, 1.82) is 0 Å². The zero-order valence-electron chi connectivity index (χ0n) is 5.54. The largest absolute Gasteiger partial charge is 0.392 e. The van der Waals surface area contributed by atoms with Crippen molar-refractivity contribution < 1.29 is 13.2 Å². The lowest BCUT2D eigenvalue weighted by molar-refractivity contribution is -0.150. The second-order valence-corrected chi connectivity index (χ2v) is 2.56. The van der Waals surface area contributed by atoms with Crippen molar-refractivity contribution in [1.82, 2.24) is 0 Å². The minimum Gasteiger partial charge on any atom is -0.171 e. The quantitative estimate of drug-likeness (QED) is 0.343. The molecule has 0 heterocycles. The number of nitrogens with zero attached hydrogens (tertiary/aromatic N) is 3. The first-order valence-electron chi connectivity index (χ1n) is 3.13. The molecule has 6 heteroatoms. The van der Waals surface area contributed by atoms with Gasteiger partial charge in [-0.25, -0.2) is 0 Å². The number of hydrogen-bond acceptors (Lipinski definition) is 1. The van der Waals surface area contributed by atoms with Crippen molar-refractivity contribution in [2.24, 2.45) is 17.0 Å². The highest BCUT2D eigenvalue weighted by Gasteiger charge is 2.54. The predicted molar refractivity (Wildman–Crippen MR) is 31.7 cm³/mol. The number of azide groups is 1. The van der Waals surface area contributed by atoms with Crippen molar-refractivity contribution in [3.05, 3.63) is 10.4 Å². The lowest BCUT2D eigenvalue weighted by atomic mass is 10.3. The van der Waals surface area contributed by atoms with Crippen LogP contribution in [0.25, 0.3) is 10.4 Å². The molecule has 0 N–H and O–H groups in total. The van der Waals surface area contributed by atoms with Crippen LogP contribution in [-0.4, -0.2) is 12.7 Å². The van der Waals surface area contributed by atoms with Crippen LogP contribution in [0.15, 0.2) is 5.11 Å². The van der Waals surface area contributed by atoms with Gasteiger partial charge in [0.05, 0.1) is 5.92 Å². The molecule has 2 unspecified atom stereocenters. The fourth-order valence-electron chi connectivity index (χ4n) is 0.992. The molecular weight excluding hydrogens is 159 g/mol. The van der Waals surface area contributed by atoms with E-state index in [2.05, 4.69) is 10.0 Å². The van der Waals surface area contributed by atoms with Crippen LogP contribution in [0, 0.1) is 11.8 Å². The summed E-state index contributed by atoms with van der Waals surface area (Å²) in [4.78, 5) is 2.39. The van der Waals surface area contributed by atoms with Gasteiger partial charge in [0.1, 0.15) is 0 Å². The zero-order chi connectivity index (χ0) is 8.48. The molecule has 0 aliphatic heterocycles. The normalized spacial score (nSPS) is 29.4. The third-order valence-electron chi connectivity index (χ3n) is 1.72. The molecule has 3 nitrogen and oxygen atoms in total. The van der Waals surface area contributed by atoms with E-state index < -0.39 is 18.0 Å². The molecule has 1 rings (SSSR count). The molecule has 0 aromatic rings. The summed E-state index contributed by atoms with van der Waals surface area (Å²) >= 11 is 0. The van der Waals surface area contributed by atoms with Crippen molar-refractivity contribution in [2.75, 3.05) is 6.54 Å². The maximum Gasteiger partial charge on any atom is 0.392 e. The van der Waals surface area contributed by atoms with E-state index in [4.69, 9.17) is 5.53 Å². The molecule has 0 bridgehead atoms. The summed E-state index contributed by atoms with van der Waals surface area (Å²) in [6.45, 7) is -0.0271. The lowest BCUT2D eigenvalue weighted by Gasteiger charge is -2.02. The van der Waals surface area contributed by atoms with E-state index >= 15 is 0 Å².